The van der Waals surface area contributed by atoms with Crippen LogP contribution in [0, 0.1) is 15.9 Å². The zero-order valence-corrected chi connectivity index (χ0v) is 31.5. The molecule has 0 bridgehead atoms. The third-order valence-corrected chi connectivity index (χ3v) is 6.92. The Labute approximate surface area is 316 Å². The van der Waals surface area contributed by atoms with E-state index in [0.29, 0.717) is 17.4 Å². The van der Waals surface area contributed by atoms with Crippen molar-refractivity contribution in [2.75, 3.05) is 0 Å². The van der Waals surface area contributed by atoms with E-state index in [4.69, 9.17) is 32.2 Å². The third-order valence-electron chi connectivity index (χ3n) is 6.20. The Hall–Kier alpha value is -4.53. The Kier molecular flexibility index (Phi) is 22.3. The number of rotatable bonds is 5. The van der Waals surface area contributed by atoms with Crippen LogP contribution in [0.2, 0.25) is 0 Å². The number of carboxylic acids is 1. The molecule has 5 rings (SSSR count). The fourth-order valence-corrected chi connectivity index (χ4v) is 4.09. The molecular weight excluding hydrogens is 730 g/mol. The predicted molar refractivity (Wildman–Crippen MR) is 191 cm³/mol. The van der Waals surface area contributed by atoms with Crippen LogP contribution in [0.25, 0.3) is 32.9 Å². The standard InChI is InChI=1S/C17H17N3.C9H11I.C9H6O2.CO2.N3.Na/c1-13(2)14-8-10-16(11-9-14)20-12-17(18-19-20)15-6-4-3-5-7-15;1-7(2)8-3-5-9(10)6-4-8;1-2-7-4-3-5-8(6-7)9(10)11;2-1-3;1-3-2;/h3-13H,1-2H3;3-7H,1-2H3;1,3-6H,(H,10,11);;;/q;;;;-1;+1. The Balaban J connectivity index is 0.000000674. The number of benzene rings is 4. The van der Waals surface area contributed by atoms with Crippen LogP contribution in [-0.2, 0) is 9.59 Å². The molecule has 0 saturated carbocycles. The monoisotopic (exact) mass is 764 g/mol. The summed E-state index contributed by atoms with van der Waals surface area (Å²) in [4.78, 5) is 28.2. The van der Waals surface area contributed by atoms with Crippen molar-refractivity contribution in [1.29, 1.82) is 0 Å². The zero-order valence-electron chi connectivity index (χ0n) is 27.4. The summed E-state index contributed by atoms with van der Waals surface area (Å²) in [7, 11) is 0. The average Bonchev–Trinajstić information content (AvgIpc) is 3.57. The van der Waals surface area contributed by atoms with E-state index in [-0.39, 0.29) is 41.3 Å². The van der Waals surface area contributed by atoms with E-state index < -0.39 is 5.97 Å². The van der Waals surface area contributed by atoms with Gasteiger partial charge in [-0.15, -0.1) is 11.5 Å². The van der Waals surface area contributed by atoms with Gasteiger partial charge in [-0.1, -0.05) is 99.5 Å². The second kappa shape index (κ2) is 24.6. The van der Waals surface area contributed by atoms with Gasteiger partial charge in [0.2, 0.25) is 0 Å². The van der Waals surface area contributed by atoms with E-state index in [0.717, 1.165) is 16.9 Å². The molecule has 48 heavy (non-hydrogen) atoms. The maximum absolute atomic E-state index is 10.4. The van der Waals surface area contributed by atoms with Crippen molar-refractivity contribution in [1.82, 2.24) is 15.0 Å². The fourth-order valence-electron chi connectivity index (χ4n) is 3.73. The number of carbonyl (C=O) groups is 1. The zero-order chi connectivity index (χ0) is 35.2. The number of carbonyl (C=O) groups excluding carboxylic acids is 2. The summed E-state index contributed by atoms with van der Waals surface area (Å²) in [6.45, 7) is 8.81. The van der Waals surface area contributed by atoms with Crippen molar-refractivity contribution >= 4 is 34.7 Å². The number of hydrogen-bond acceptors (Lipinski definition) is 5. The third kappa shape index (κ3) is 16.3. The largest absolute Gasteiger partial charge is 1.00 e. The number of terminal acetylenes is 1. The molecule has 0 atom stereocenters. The normalized spacial score (nSPS) is 9.04. The molecule has 10 nitrogen and oxygen atoms in total. The first-order valence-electron chi connectivity index (χ1n) is 14.1. The SMILES string of the molecule is C#Cc1cccc(C(=O)O)c1.CC(C)c1ccc(-n2cc(-c3ccccc3)nn2)cc1.CC(C)c1ccc(I)cc1.O=C=O.[N-]=[N+]=[N-].[Na+]. The first-order chi connectivity index (χ1) is 22.5. The van der Waals surface area contributed by atoms with Crippen LogP contribution in [0.1, 0.15) is 66.6 Å². The predicted octanol–water partition coefficient (Wildman–Crippen LogP) is 6.13. The topological polar surface area (TPSA) is 161 Å². The van der Waals surface area contributed by atoms with Gasteiger partial charge in [-0.05, 0) is 88.0 Å². The summed E-state index contributed by atoms with van der Waals surface area (Å²) in [5.41, 5.74) is 20.1. The molecule has 12 heteroatoms. The van der Waals surface area contributed by atoms with Crippen LogP contribution in [-0.4, -0.2) is 32.2 Å². The van der Waals surface area contributed by atoms with Gasteiger partial charge in [0.1, 0.15) is 5.69 Å². The second-order valence-electron chi connectivity index (χ2n) is 10.1. The Morgan fingerprint density at radius 1 is 0.854 bits per heavy atom. The summed E-state index contributed by atoms with van der Waals surface area (Å²) >= 11 is 2.32. The van der Waals surface area contributed by atoms with Gasteiger partial charge in [0.05, 0.1) is 17.4 Å². The molecule has 0 fully saturated rings. The molecular formula is C36H34IN6NaO4. The molecule has 4 aromatic carbocycles. The van der Waals surface area contributed by atoms with E-state index in [1.807, 2.05) is 41.2 Å². The summed E-state index contributed by atoms with van der Waals surface area (Å²) < 4.78 is 3.12. The van der Waals surface area contributed by atoms with Crippen LogP contribution >= 0.6 is 22.6 Å². The Morgan fingerprint density at radius 3 is 1.81 bits per heavy atom. The maximum Gasteiger partial charge on any atom is 1.00 e. The summed E-state index contributed by atoms with van der Waals surface area (Å²) in [5, 5.41) is 17.0. The molecule has 1 heterocycles. The van der Waals surface area contributed by atoms with Gasteiger partial charge < -0.3 is 16.2 Å². The molecule has 0 aliphatic rings. The smallest absolute Gasteiger partial charge is 0.478 e. The fraction of sp³-hybridized carbons (Fsp3) is 0.167. The quantitative estimate of drug-likeness (QED) is 0.0567. The summed E-state index contributed by atoms with van der Waals surface area (Å²) in [5.74, 6) is 2.59. The van der Waals surface area contributed by atoms with Crippen LogP contribution in [0.4, 0.5) is 0 Å². The van der Waals surface area contributed by atoms with Crippen molar-refractivity contribution in [2.45, 2.75) is 39.5 Å². The van der Waals surface area contributed by atoms with E-state index >= 15 is 0 Å². The molecule has 0 aliphatic heterocycles. The minimum Gasteiger partial charge on any atom is -0.478 e. The van der Waals surface area contributed by atoms with Gasteiger partial charge >= 0.3 is 41.7 Å². The molecule has 1 N–H and O–H groups in total. The molecule has 0 unspecified atom stereocenters. The van der Waals surface area contributed by atoms with Crippen molar-refractivity contribution in [3.8, 4) is 29.3 Å². The van der Waals surface area contributed by atoms with Gasteiger partial charge in [0.25, 0.3) is 0 Å². The van der Waals surface area contributed by atoms with Crippen LogP contribution in [0.15, 0.2) is 109 Å². The van der Waals surface area contributed by atoms with Gasteiger partial charge in [0, 0.05) is 14.7 Å². The van der Waals surface area contributed by atoms with Gasteiger partial charge in [-0.3, -0.25) is 4.91 Å². The molecule has 0 aliphatic carbocycles. The van der Waals surface area contributed by atoms with E-state index in [1.165, 1.54) is 31.7 Å². The first-order valence-corrected chi connectivity index (χ1v) is 15.2. The molecule has 0 amide bonds. The van der Waals surface area contributed by atoms with Crippen LogP contribution < -0.4 is 29.6 Å². The van der Waals surface area contributed by atoms with Crippen molar-refractivity contribution in [3.63, 3.8) is 0 Å². The second-order valence-corrected chi connectivity index (χ2v) is 11.3. The summed E-state index contributed by atoms with van der Waals surface area (Å²) in [6, 6.07) is 33.5. The first kappa shape index (κ1) is 43.5. The molecule has 0 radical (unpaired) electrons. The molecule has 0 saturated heterocycles. The van der Waals surface area contributed by atoms with E-state index in [2.05, 4.69) is 115 Å². The summed E-state index contributed by atoms with van der Waals surface area (Å²) in [6.07, 6.45) is 7.28. The Bertz CT molecular complexity index is 1760. The van der Waals surface area contributed by atoms with Gasteiger partial charge in [0.15, 0.2) is 0 Å². The van der Waals surface area contributed by atoms with E-state index in [9.17, 15) is 4.79 Å². The Morgan fingerprint density at radius 2 is 1.35 bits per heavy atom. The van der Waals surface area contributed by atoms with Crippen molar-refractivity contribution in [2.24, 2.45) is 0 Å². The van der Waals surface area contributed by atoms with E-state index in [1.54, 1.807) is 12.1 Å². The van der Waals surface area contributed by atoms with Crippen molar-refractivity contribution in [3.05, 3.63) is 151 Å². The average molecular weight is 765 g/mol. The van der Waals surface area contributed by atoms with Gasteiger partial charge in [-0.25, -0.2) is 9.48 Å². The molecule has 5 aromatic rings. The number of aromatic nitrogens is 3. The molecule has 1 aromatic heterocycles. The number of nitrogens with zero attached hydrogens (tertiary/aromatic N) is 6. The molecule has 0 spiro atoms. The maximum atomic E-state index is 10.4. The molecule has 240 valence electrons. The number of carboxylic acid groups (broad SMARTS) is 1. The minimum absolute atomic E-state index is 0. The van der Waals surface area contributed by atoms with Gasteiger partial charge in [-0.2, -0.15) is 9.59 Å². The minimum atomic E-state index is -0.956. The van der Waals surface area contributed by atoms with Crippen LogP contribution in [0.5, 0.6) is 0 Å². The number of hydrogen-bond donors (Lipinski definition) is 1. The number of aromatic carboxylic acids is 1. The van der Waals surface area contributed by atoms with Crippen LogP contribution in [0.3, 0.4) is 0 Å². The number of halogens is 1. The van der Waals surface area contributed by atoms with Crippen molar-refractivity contribution < 1.29 is 49.0 Å².